The maximum Gasteiger partial charge on any atom is 0.321 e. The number of halogens is 1. The van der Waals surface area contributed by atoms with Crippen molar-refractivity contribution >= 4 is 23.5 Å². The molecule has 0 unspecified atom stereocenters. The van der Waals surface area contributed by atoms with Gasteiger partial charge in [-0.1, -0.05) is 0 Å². The number of benzene rings is 2. The van der Waals surface area contributed by atoms with E-state index in [0.29, 0.717) is 11.3 Å². The van der Waals surface area contributed by atoms with Crippen LogP contribution < -0.4 is 24.4 Å². The average Bonchev–Trinajstić information content (AvgIpc) is 3.30. The van der Waals surface area contributed by atoms with Crippen LogP contribution in [-0.4, -0.2) is 50.3 Å². The highest BCUT2D eigenvalue weighted by molar-refractivity contribution is 6.23. The van der Waals surface area contributed by atoms with Gasteiger partial charge in [-0.3, -0.25) is 19.7 Å². The number of carboxylic acid groups (broad SMARTS) is 1. The maximum absolute atomic E-state index is 13.4. The van der Waals surface area contributed by atoms with Gasteiger partial charge in [0.1, 0.15) is 11.9 Å². The molecule has 2 amide bonds. The first-order chi connectivity index (χ1) is 15.3. The number of methoxy groups -OCH3 is 3. The van der Waals surface area contributed by atoms with Gasteiger partial charge in [-0.05, 0) is 36.4 Å². The first kappa shape index (κ1) is 21.6. The standard InChI is InChI=1S/C22H21FN2O7/c1-30-13-9-8-12(18(31-2)19(13)32-3)16-14-15(17(24-16)22(28)29)21(27)25(20(14)26)11-6-4-10(23)5-7-11/h4-9,14-17,24H,1-3H3,(H,28,29)/t14-,15+,16-,17-/m0/s1. The molecule has 0 spiro atoms. The van der Waals surface area contributed by atoms with E-state index in [1.807, 2.05) is 0 Å². The SMILES string of the molecule is COc1ccc([C@@H]2N[C@H](C(=O)O)[C@@H]3C(=O)N(c4ccc(F)cc4)C(=O)[C@@H]32)c(OC)c1OC. The van der Waals surface area contributed by atoms with E-state index >= 15 is 0 Å². The lowest BCUT2D eigenvalue weighted by Crippen LogP contribution is -2.43. The minimum absolute atomic E-state index is 0.179. The summed E-state index contributed by atoms with van der Waals surface area (Å²) < 4.78 is 29.6. The van der Waals surface area contributed by atoms with E-state index in [1.165, 1.54) is 33.5 Å². The normalized spacial score (nSPS) is 24.4. The first-order valence-electron chi connectivity index (χ1n) is 9.75. The number of aliphatic carboxylic acids is 1. The van der Waals surface area contributed by atoms with Gasteiger partial charge < -0.3 is 19.3 Å². The van der Waals surface area contributed by atoms with Crippen molar-refractivity contribution in [2.24, 2.45) is 11.8 Å². The second kappa shape index (κ2) is 8.12. The average molecular weight is 444 g/mol. The van der Waals surface area contributed by atoms with E-state index in [2.05, 4.69) is 5.32 Å². The maximum atomic E-state index is 13.4. The molecule has 2 N–H and O–H groups in total. The van der Waals surface area contributed by atoms with Crippen molar-refractivity contribution in [1.29, 1.82) is 0 Å². The summed E-state index contributed by atoms with van der Waals surface area (Å²) in [7, 11) is 4.30. The number of carbonyl (C=O) groups is 3. The number of nitrogens with one attached hydrogen (secondary N) is 1. The van der Waals surface area contributed by atoms with Crippen LogP contribution in [0.3, 0.4) is 0 Å². The third-order valence-corrected chi connectivity index (χ3v) is 5.90. The number of amides is 2. The zero-order chi connectivity index (χ0) is 23.2. The van der Waals surface area contributed by atoms with Gasteiger partial charge in [0.25, 0.3) is 0 Å². The number of anilines is 1. The van der Waals surface area contributed by atoms with Gasteiger partial charge in [0.2, 0.25) is 17.6 Å². The molecule has 32 heavy (non-hydrogen) atoms. The number of hydrogen-bond acceptors (Lipinski definition) is 7. The molecule has 4 atom stereocenters. The second-order valence-electron chi connectivity index (χ2n) is 7.42. The first-order valence-corrected chi connectivity index (χ1v) is 9.75. The minimum Gasteiger partial charge on any atom is -0.493 e. The molecule has 0 bridgehead atoms. The Morgan fingerprint density at radius 2 is 1.56 bits per heavy atom. The summed E-state index contributed by atoms with van der Waals surface area (Å²) in [6, 6.07) is 5.97. The zero-order valence-electron chi connectivity index (χ0n) is 17.5. The second-order valence-corrected chi connectivity index (χ2v) is 7.42. The summed E-state index contributed by atoms with van der Waals surface area (Å²) in [5, 5.41) is 12.7. The van der Waals surface area contributed by atoms with Crippen LogP contribution in [-0.2, 0) is 14.4 Å². The van der Waals surface area contributed by atoms with Crippen molar-refractivity contribution < 1.29 is 38.1 Å². The van der Waals surface area contributed by atoms with E-state index in [9.17, 15) is 23.9 Å². The van der Waals surface area contributed by atoms with Crippen molar-refractivity contribution in [3.05, 3.63) is 47.8 Å². The fourth-order valence-electron chi connectivity index (χ4n) is 4.54. The van der Waals surface area contributed by atoms with Gasteiger partial charge in [-0.15, -0.1) is 0 Å². The van der Waals surface area contributed by atoms with Crippen LogP contribution in [0.15, 0.2) is 36.4 Å². The van der Waals surface area contributed by atoms with Gasteiger partial charge in [0.05, 0.1) is 38.9 Å². The van der Waals surface area contributed by atoms with Crippen LogP contribution in [0.4, 0.5) is 10.1 Å². The van der Waals surface area contributed by atoms with Crippen LogP contribution in [0.2, 0.25) is 0 Å². The molecule has 2 aliphatic heterocycles. The molecular weight excluding hydrogens is 423 g/mol. The Kier molecular flexibility index (Phi) is 5.47. The molecule has 2 aromatic rings. The van der Waals surface area contributed by atoms with Crippen LogP contribution in [0.5, 0.6) is 17.2 Å². The van der Waals surface area contributed by atoms with Crippen molar-refractivity contribution in [3.8, 4) is 17.2 Å². The van der Waals surface area contributed by atoms with Gasteiger partial charge >= 0.3 is 5.97 Å². The van der Waals surface area contributed by atoms with Crippen molar-refractivity contribution in [3.63, 3.8) is 0 Å². The Balaban J connectivity index is 1.82. The minimum atomic E-state index is -1.30. The molecule has 2 aromatic carbocycles. The fraction of sp³-hybridized carbons (Fsp3) is 0.318. The molecule has 9 nitrogen and oxygen atoms in total. The highest BCUT2D eigenvalue weighted by Gasteiger charge is 2.61. The van der Waals surface area contributed by atoms with Crippen molar-refractivity contribution in [2.75, 3.05) is 26.2 Å². The Hall–Kier alpha value is -3.66. The summed E-state index contributed by atoms with van der Waals surface area (Å²) in [6.45, 7) is 0. The predicted octanol–water partition coefficient (Wildman–Crippen LogP) is 1.75. The number of fused-ring (bicyclic) bond motifs is 1. The molecule has 2 fully saturated rings. The monoisotopic (exact) mass is 444 g/mol. The van der Waals surface area contributed by atoms with Gasteiger partial charge in [-0.2, -0.15) is 0 Å². The largest absolute Gasteiger partial charge is 0.493 e. The number of carboxylic acids is 1. The molecule has 0 aromatic heterocycles. The predicted molar refractivity (Wildman–Crippen MR) is 109 cm³/mol. The highest BCUT2D eigenvalue weighted by Crippen LogP contribution is 2.50. The van der Waals surface area contributed by atoms with Crippen LogP contribution in [0, 0.1) is 17.7 Å². The van der Waals surface area contributed by atoms with Crippen molar-refractivity contribution in [2.45, 2.75) is 12.1 Å². The summed E-state index contributed by atoms with van der Waals surface area (Å²) in [5.74, 6) is -4.26. The lowest BCUT2D eigenvalue weighted by atomic mass is 9.86. The Labute approximate surface area is 182 Å². The molecular formula is C22H21FN2O7. The van der Waals surface area contributed by atoms with E-state index in [0.717, 1.165) is 17.0 Å². The molecule has 2 heterocycles. The molecule has 0 radical (unpaired) electrons. The fourth-order valence-corrected chi connectivity index (χ4v) is 4.54. The number of rotatable bonds is 6. The summed E-state index contributed by atoms with van der Waals surface area (Å²) in [6.07, 6.45) is 0. The third-order valence-electron chi connectivity index (χ3n) is 5.90. The lowest BCUT2D eigenvalue weighted by Gasteiger charge is -2.24. The zero-order valence-corrected chi connectivity index (χ0v) is 17.5. The van der Waals surface area contributed by atoms with E-state index in [-0.39, 0.29) is 17.2 Å². The van der Waals surface area contributed by atoms with E-state index < -0.39 is 47.5 Å². The molecule has 2 aliphatic rings. The number of imide groups is 1. The van der Waals surface area contributed by atoms with Crippen LogP contribution in [0.1, 0.15) is 11.6 Å². The van der Waals surface area contributed by atoms with E-state index in [1.54, 1.807) is 12.1 Å². The number of nitrogens with zero attached hydrogens (tertiary/aromatic N) is 1. The van der Waals surface area contributed by atoms with Gasteiger partial charge in [-0.25, -0.2) is 9.29 Å². The third kappa shape index (κ3) is 3.14. The summed E-state index contributed by atoms with van der Waals surface area (Å²) in [4.78, 5) is 39.5. The smallest absolute Gasteiger partial charge is 0.321 e. The Morgan fingerprint density at radius 3 is 2.12 bits per heavy atom. The molecule has 10 heteroatoms. The molecule has 0 aliphatic carbocycles. The highest BCUT2D eigenvalue weighted by atomic mass is 19.1. The van der Waals surface area contributed by atoms with Crippen LogP contribution in [0.25, 0.3) is 0 Å². The molecule has 168 valence electrons. The molecule has 2 saturated heterocycles. The van der Waals surface area contributed by atoms with Gasteiger partial charge in [0, 0.05) is 11.6 Å². The van der Waals surface area contributed by atoms with E-state index in [4.69, 9.17) is 14.2 Å². The quantitative estimate of drug-likeness (QED) is 0.648. The lowest BCUT2D eigenvalue weighted by molar-refractivity contribution is -0.142. The Morgan fingerprint density at radius 1 is 0.938 bits per heavy atom. The van der Waals surface area contributed by atoms with Gasteiger partial charge in [0.15, 0.2) is 11.5 Å². The number of carbonyl (C=O) groups excluding carboxylic acids is 2. The molecule has 4 rings (SSSR count). The van der Waals surface area contributed by atoms with Crippen molar-refractivity contribution in [1.82, 2.24) is 5.32 Å². The number of hydrogen-bond donors (Lipinski definition) is 2. The molecule has 0 saturated carbocycles. The summed E-state index contributed by atoms with van der Waals surface area (Å²) in [5.41, 5.74) is 0.629. The Bertz CT molecular complexity index is 1090. The van der Waals surface area contributed by atoms with Crippen LogP contribution >= 0.6 is 0 Å². The number of ether oxygens (including phenoxy) is 3. The summed E-state index contributed by atoms with van der Waals surface area (Å²) >= 11 is 0. The topological polar surface area (TPSA) is 114 Å².